The lowest BCUT2D eigenvalue weighted by molar-refractivity contribution is 0.0932. The zero-order valence-corrected chi connectivity index (χ0v) is 12.2. The third-order valence-corrected chi connectivity index (χ3v) is 3.18. The van der Waals surface area contributed by atoms with Crippen LogP contribution < -0.4 is 10.9 Å². The molecule has 21 heavy (non-hydrogen) atoms. The topological polar surface area (TPSA) is 64.0 Å². The number of carbonyl (C=O) groups is 1. The Kier molecular flexibility index (Phi) is 4.87. The van der Waals surface area contributed by atoms with Gasteiger partial charge in [-0.1, -0.05) is 37.3 Å². The maximum absolute atomic E-state index is 12.2. The molecule has 1 aromatic heterocycles. The first kappa shape index (κ1) is 15.0. The molecule has 5 heteroatoms. The Morgan fingerprint density at radius 1 is 1.24 bits per heavy atom. The maximum Gasteiger partial charge on any atom is 0.272 e. The van der Waals surface area contributed by atoms with E-state index in [1.165, 1.54) is 16.8 Å². The number of carbonyl (C=O) groups excluding carboxylic acids is 1. The van der Waals surface area contributed by atoms with Gasteiger partial charge in [-0.3, -0.25) is 9.59 Å². The summed E-state index contributed by atoms with van der Waals surface area (Å²) in [4.78, 5) is 23.8. The highest BCUT2D eigenvalue weighted by molar-refractivity contribution is 5.92. The average molecular weight is 285 g/mol. The summed E-state index contributed by atoms with van der Waals surface area (Å²) in [7, 11) is 0. The molecule has 2 aromatic rings. The van der Waals surface area contributed by atoms with Crippen LogP contribution in [0.25, 0.3) is 0 Å². The zero-order chi connectivity index (χ0) is 15.2. The van der Waals surface area contributed by atoms with Gasteiger partial charge in [-0.25, -0.2) is 4.68 Å². The highest BCUT2D eigenvalue weighted by Gasteiger charge is 2.13. The van der Waals surface area contributed by atoms with Crippen molar-refractivity contribution in [3.8, 4) is 0 Å². The van der Waals surface area contributed by atoms with Gasteiger partial charge in [-0.15, -0.1) is 0 Å². The first-order chi connectivity index (χ1) is 10.1. The minimum atomic E-state index is -0.281. The molecule has 0 aliphatic heterocycles. The van der Waals surface area contributed by atoms with Crippen molar-refractivity contribution >= 4 is 5.91 Å². The van der Waals surface area contributed by atoms with Crippen molar-refractivity contribution in [2.75, 3.05) is 0 Å². The second kappa shape index (κ2) is 6.83. The van der Waals surface area contributed by atoms with E-state index in [1.54, 1.807) is 0 Å². The zero-order valence-electron chi connectivity index (χ0n) is 12.2. The second-order valence-corrected chi connectivity index (χ2v) is 4.89. The largest absolute Gasteiger partial charge is 0.344 e. The highest BCUT2D eigenvalue weighted by Crippen LogP contribution is 2.11. The van der Waals surface area contributed by atoms with Crippen LogP contribution in [0.3, 0.4) is 0 Å². The van der Waals surface area contributed by atoms with Crippen LogP contribution in [0, 0.1) is 0 Å². The van der Waals surface area contributed by atoms with E-state index in [-0.39, 0.29) is 23.2 Å². The molecule has 0 saturated heterocycles. The number of rotatable bonds is 5. The van der Waals surface area contributed by atoms with Gasteiger partial charge in [0.1, 0.15) is 5.69 Å². The summed E-state index contributed by atoms with van der Waals surface area (Å²) < 4.78 is 1.32. The number of amides is 1. The molecule has 5 nitrogen and oxygen atoms in total. The summed E-state index contributed by atoms with van der Waals surface area (Å²) in [6.45, 7) is 4.38. The van der Waals surface area contributed by atoms with Crippen LogP contribution in [-0.2, 0) is 6.54 Å². The molecule has 1 heterocycles. The Balaban J connectivity index is 2.13. The van der Waals surface area contributed by atoms with E-state index in [0.717, 1.165) is 12.0 Å². The summed E-state index contributed by atoms with van der Waals surface area (Å²) in [5.74, 6) is -0.281. The molecular weight excluding hydrogens is 266 g/mol. The van der Waals surface area contributed by atoms with Gasteiger partial charge in [0.15, 0.2) is 0 Å². The third-order valence-electron chi connectivity index (χ3n) is 3.18. The highest BCUT2D eigenvalue weighted by atomic mass is 16.2. The monoisotopic (exact) mass is 285 g/mol. The number of nitrogens with one attached hydrogen (secondary N) is 1. The van der Waals surface area contributed by atoms with Gasteiger partial charge in [0.2, 0.25) is 0 Å². The smallest absolute Gasteiger partial charge is 0.272 e. The van der Waals surface area contributed by atoms with E-state index in [9.17, 15) is 9.59 Å². The molecule has 1 amide bonds. The molecular formula is C16H19N3O2. The van der Waals surface area contributed by atoms with Crippen molar-refractivity contribution in [2.45, 2.75) is 32.9 Å². The minimum Gasteiger partial charge on any atom is -0.344 e. The maximum atomic E-state index is 12.2. The number of nitrogens with zero attached hydrogens (tertiary/aromatic N) is 2. The van der Waals surface area contributed by atoms with Crippen molar-refractivity contribution in [3.63, 3.8) is 0 Å². The van der Waals surface area contributed by atoms with E-state index < -0.39 is 0 Å². The molecule has 1 N–H and O–H groups in total. The number of benzene rings is 1. The van der Waals surface area contributed by atoms with Gasteiger partial charge in [-0.2, -0.15) is 5.10 Å². The van der Waals surface area contributed by atoms with E-state index in [4.69, 9.17) is 0 Å². The first-order valence-electron chi connectivity index (χ1n) is 7.05. The molecule has 1 atom stereocenters. The molecule has 1 aromatic carbocycles. The van der Waals surface area contributed by atoms with Crippen molar-refractivity contribution < 1.29 is 4.79 Å². The number of hydrogen-bond donors (Lipinski definition) is 1. The van der Waals surface area contributed by atoms with Crippen LogP contribution in [0.15, 0.2) is 47.3 Å². The molecule has 0 unspecified atom stereocenters. The summed E-state index contributed by atoms with van der Waals surface area (Å²) in [6, 6.07) is 12.4. The van der Waals surface area contributed by atoms with Crippen molar-refractivity contribution in [2.24, 2.45) is 0 Å². The van der Waals surface area contributed by atoms with Gasteiger partial charge in [0, 0.05) is 12.6 Å². The van der Waals surface area contributed by atoms with Crippen molar-refractivity contribution in [1.29, 1.82) is 0 Å². The number of aryl methyl sites for hydroxylation is 1. The standard InChI is InChI=1S/C16H19N3O2/c1-3-11-19-15(20)10-9-14(18-19)16(21)17-12(2)13-7-5-4-6-8-13/h4-10,12H,3,11H2,1-2H3,(H,17,21)/t12-/m0/s1. The van der Waals surface area contributed by atoms with E-state index in [1.807, 2.05) is 44.2 Å². The fraction of sp³-hybridized carbons (Fsp3) is 0.312. The molecule has 0 radical (unpaired) electrons. The predicted octanol–water partition coefficient (Wildman–Crippen LogP) is 2.14. The summed E-state index contributed by atoms with van der Waals surface area (Å²) in [6.07, 6.45) is 0.790. The molecule has 110 valence electrons. The molecule has 0 fully saturated rings. The van der Waals surface area contributed by atoms with Gasteiger partial charge in [0.05, 0.1) is 6.04 Å². The molecule has 0 aliphatic rings. The van der Waals surface area contributed by atoms with Crippen LogP contribution in [0.2, 0.25) is 0 Å². The summed E-state index contributed by atoms with van der Waals surface area (Å²) in [5, 5.41) is 6.99. The summed E-state index contributed by atoms with van der Waals surface area (Å²) in [5.41, 5.74) is 1.09. The van der Waals surface area contributed by atoms with Crippen molar-refractivity contribution in [3.05, 3.63) is 64.1 Å². The molecule has 0 aliphatic carbocycles. The summed E-state index contributed by atoms with van der Waals surface area (Å²) >= 11 is 0. The van der Waals surface area contributed by atoms with Crippen LogP contribution >= 0.6 is 0 Å². The van der Waals surface area contributed by atoms with Gasteiger partial charge < -0.3 is 5.32 Å². The Hall–Kier alpha value is -2.43. The minimum absolute atomic E-state index is 0.118. The van der Waals surface area contributed by atoms with E-state index >= 15 is 0 Å². The predicted molar refractivity (Wildman–Crippen MR) is 81.1 cm³/mol. The van der Waals surface area contributed by atoms with Gasteiger partial charge in [0.25, 0.3) is 11.5 Å². The molecule has 0 saturated carbocycles. The molecule has 0 spiro atoms. The Morgan fingerprint density at radius 2 is 1.95 bits per heavy atom. The lowest BCUT2D eigenvalue weighted by atomic mass is 10.1. The fourth-order valence-electron chi connectivity index (χ4n) is 2.04. The lowest BCUT2D eigenvalue weighted by Crippen LogP contribution is -2.31. The van der Waals surface area contributed by atoms with Gasteiger partial charge in [-0.05, 0) is 25.0 Å². The third kappa shape index (κ3) is 3.78. The van der Waals surface area contributed by atoms with Crippen molar-refractivity contribution in [1.82, 2.24) is 15.1 Å². The lowest BCUT2D eigenvalue weighted by Gasteiger charge is -2.14. The fourth-order valence-corrected chi connectivity index (χ4v) is 2.04. The van der Waals surface area contributed by atoms with E-state index in [2.05, 4.69) is 10.4 Å². The normalized spacial score (nSPS) is 11.9. The number of aromatic nitrogens is 2. The molecule has 0 bridgehead atoms. The SMILES string of the molecule is CCCn1nc(C(=O)N[C@@H](C)c2ccccc2)ccc1=O. The average Bonchev–Trinajstić information content (AvgIpc) is 2.50. The van der Waals surface area contributed by atoms with Crippen LogP contribution in [0.5, 0.6) is 0 Å². The van der Waals surface area contributed by atoms with Gasteiger partial charge >= 0.3 is 0 Å². The Labute approximate surface area is 123 Å². The first-order valence-corrected chi connectivity index (χ1v) is 7.05. The quantitative estimate of drug-likeness (QED) is 0.915. The Bertz CT molecular complexity index is 665. The van der Waals surface area contributed by atoms with Crippen LogP contribution in [-0.4, -0.2) is 15.7 Å². The van der Waals surface area contributed by atoms with Crippen LogP contribution in [0.1, 0.15) is 42.4 Å². The molecule has 2 rings (SSSR count). The van der Waals surface area contributed by atoms with Crippen LogP contribution in [0.4, 0.5) is 0 Å². The Morgan fingerprint density at radius 3 is 2.62 bits per heavy atom. The van der Waals surface area contributed by atoms with E-state index in [0.29, 0.717) is 6.54 Å². The second-order valence-electron chi connectivity index (χ2n) is 4.89. The number of hydrogen-bond acceptors (Lipinski definition) is 3.